The molecule has 0 saturated carbocycles. The summed E-state index contributed by atoms with van der Waals surface area (Å²) in [4.78, 5) is 37.1. The summed E-state index contributed by atoms with van der Waals surface area (Å²) in [6, 6.07) is 3.09. The first-order valence-corrected chi connectivity index (χ1v) is 8.11. The van der Waals surface area contributed by atoms with Crippen LogP contribution < -0.4 is 5.56 Å². The minimum absolute atomic E-state index is 0.148. The molecule has 0 aliphatic carbocycles. The fourth-order valence-corrected chi connectivity index (χ4v) is 2.82. The molecule has 128 valence electrons. The molecule has 0 aromatic carbocycles. The minimum atomic E-state index is -0.355. The molecular formula is C17H22N4O3. The number of ether oxygens (including phenoxy) is 1. The monoisotopic (exact) mass is 330 g/mol. The highest BCUT2D eigenvalue weighted by Crippen LogP contribution is 2.23. The third-order valence-electron chi connectivity index (χ3n) is 4.21. The number of H-pyrrole nitrogens is 2. The highest BCUT2D eigenvalue weighted by atomic mass is 16.5. The molecule has 1 amide bonds. The number of aryl methyl sites for hydroxylation is 1. The lowest BCUT2D eigenvalue weighted by atomic mass is 10.1. The first-order chi connectivity index (χ1) is 11.5. The predicted octanol–water partition coefficient (Wildman–Crippen LogP) is 1.74. The summed E-state index contributed by atoms with van der Waals surface area (Å²) < 4.78 is 5.50. The fraction of sp³-hybridized carbons (Fsp3) is 0.471. The molecule has 2 aromatic rings. The van der Waals surface area contributed by atoms with Gasteiger partial charge in [0.15, 0.2) is 0 Å². The molecule has 7 heteroatoms. The molecule has 3 rings (SSSR count). The number of nitrogens with one attached hydrogen (secondary N) is 2. The van der Waals surface area contributed by atoms with Crippen molar-refractivity contribution in [2.24, 2.45) is 0 Å². The number of hydrogen-bond donors (Lipinski definition) is 2. The van der Waals surface area contributed by atoms with Gasteiger partial charge in [-0.05, 0) is 25.0 Å². The van der Waals surface area contributed by atoms with Crippen LogP contribution in [0.5, 0.6) is 0 Å². The normalized spacial score (nSPS) is 18.2. The molecule has 0 radical (unpaired) electrons. The van der Waals surface area contributed by atoms with Crippen LogP contribution in [-0.4, -0.2) is 45.5 Å². The number of amides is 1. The quantitative estimate of drug-likeness (QED) is 0.897. The standard InChI is InChI=1S/C17H22N4O3/c1-10(2)13-5-4-12(16(22)20-13)17(23)21-6-7-24-9-14(21)15-18-8-11(3)19-15/h4-5,8,10,14H,6-7,9H2,1-3H3,(H,18,19)(H,20,22). The minimum Gasteiger partial charge on any atom is -0.377 e. The van der Waals surface area contributed by atoms with Crippen LogP contribution in [0.25, 0.3) is 0 Å². The molecule has 2 N–H and O–H groups in total. The summed E-state index contributed by atoms with van der Waals surface area (Å²) in [6.45, 7) is 7.12. The molecule has 1 fully saturated rings. The van der Waals surface area contributed by atoms with E-state index in [-0.39, 0.29) is 29.0 Å². The van der Waals surface area contributed by atoms with Crippen molar-refractivity contribution in [3.05, 3.63) is 51.5 Å². The van der Waals surface area contributed by atoms with Crippen molar-refractivity contribution < 1.29 is 9.53 Å². The van der Waals surface area contributed by atoms with Crippen LogP contribution in [0.2, 0.25) is 0 Å². The average Bonchev–Trinajstić information content (AvgIpc) is 3.00. The first-order valence-electron chi connectivity index (χ1n) is 8.11. The van der Waals surface area contributed by atoms with Crippen molar-refractivity contribution in [3.8, 4) is 0 Å². The third kappa shape index (κ3) is 3.12. The highest BCUT2D eigenvalue weighted by molar-refractivity contribution is 5.94. The maximum atomic E-state index is 12.9. The predicted molar refractivity (Wildman–Crippen MR) is 89.1 cm³/mol. The smallest absolute Gasteiger partial charge is 0.261 e. The van der Waals surface area contributed by atoms with Crippen molar-refractivity contribution >= 4 is 5.91 Å². The van der Waals surface area contributed by atoms with Gasteiger partial charge in [0, 0.05) is 24.1 Å². The van der Waals surface area contributed by atoms with Gasteiger partial charge in [-0.15, -0.1) is 0 Å². The fourth-order valence-electron chi connectivity index (χ4n) is 2.82. The van der Waals surface area contributed by atoms with E-state index in [2.05, 4.69) is 15.0 Å². The molecule has 1 aliphatic heterocycles. The molecule has 1 aliphatic rings. The third-order valence-corrected chi connectivity index (χ3v) is 4.21. The molecule has 3 heterocycles. The lowest BCUT2D eigenvalue weighted by molar-refractivity contribution is -0.00510. The summed E-state index contributed by atoms with van der Waals surface area (Å²) in [5.74, 6) is 0.578. The summed E-state index contributed by atoms with van der Waals surface area (Å²) in [6.07, 6.45) is 1.72. The molecule has 7 nitrogen and oxygen atoms in total. The number of pyridine rings is 1. The molecule has 1 unspecified atom stereocenters. The van der Waals surface area contributed by atoms with E-state index in [4.69, 9.17) is 4.74 Å². The zero-order valence-corrected chi connectivity index (χ0v) is 14.1. The van der Waals surface area contributed by atoms with Crippen molar-refractivity contribution in [3.63, 3.8) is 0 Å². The van der Waals surface area contributed by atoms with Crippen LogP contribution in [-0.2, 0) is 4.74 Å². The topological polar surface area (TPSA) is 91.1 Å². The Hall–Kier alpha value is -2.41. The Morgan fingerprint density at radius 2 is 2.17 bits per heavy atom. The van der Waals surface area contributed by atoms with Gasteiger partial charge in [0.25, 0.3) is 11.5 Å². The number of imidazole rings is 1. The summed E-state index contributed by atoms with van der Waals surface area (Å²) in [5.41, 5.74) is 1.53. The van der Waals surface area contributed by atoms with Crippen LogP contribution >= 0.6 is 0 Å². The Bertz CT molecular complexity index is 793. The Kier molecular flexibility index (Phi) is 4.53. The van der Waals surface area contributed by atoms with Gasteiger partial charge in [0.2, 0.25) is 0 Å². The van der Waals surface area contributed by atoms with Gasteiger partial charge < -0.3 is 19.6 Å². The van der Waals surface area contributed by atoms with Crippen LogP contribution in [0.1, 0.15) is 53.4 Å². The van der Waals surface area contributed by atoms with Crippen LogP contribution in [0.4, 0.5) is 0 Å². The van der Waals surface area contributed by atoms with Gasteiger partial charge in [-0.25, -0.2) is 4.98 Å². The van der Waals surface area contributed by atoms with Crippen molar-refractivity contribution in [2.45, 2.75) is 32.7 Å². The summed E-state index contributed by atoms with van der Waals surface area (Å²) >= 11 is 0. The SMILES string of the molecule is Cc1cnc(C2COCCN2C(=O)c2ccc(C(C)C)[nH]c2=O)[nH]1. The van der Waals surface area contributed by atoms with Gasteiger partial charge in [-0.3, -0.25) is 9.59 Å². The van der Waals surface area contributed by atoms with Crippen molar-refractivity contribution in [2.75, 3.05) is 19.8 Å². The molecule has 0 bridgehead atoms. The zero-order chi connectivity index (χ0) is 17.3. The highest BCUT2D eigenvalue weighted by Gasteiger charge is 2.32. The Balaban J connectivity index is 1.91. The van der Waals surface area contributed by atoms with E-state index >= 15 is 0 Å². The number of aromatic nitrogens is 3. The maximum absolute atomic E-state index is 12.9. The van der Waals surface area contributed by atoms with E-state index in [0.717, 1.165) is 11.4 Å². The van der Waals surface area contributed by atoms with Crippen molar-refractivity contribution in [1.82, 2.24) is 19.9 Å². The molecule has 24 heavy (non-hydrogen) atoms. The van der Waals surface area contributed by atoms with Gasteiger partial charge in [-0.1, -0.05) is 13.8 Å². The Morgan fingerprint density at radius 3 is 2.79 bits per heavy atom. The number of aromatic amines is 2. The zero-order valence-electron chi connectivity index (χ0n) is 14.1. The lowest BCUT2D eigenvalue weighted by Crippen LogP contribution is -2.45. The molecular weight excluding hydrogens is 308 g/mol. The molecule has 1 atom stereocenters. The number of morpholine rings is 1. The molecule has 2 aromatic heterocycles. The molecule has 1 saturated heterocycles. The van der Waals surface area contributed by atoms with Gasteiger partial charge in [0.05, 0.1) is 13.2 Å². The average molecular weight is 330 g/mol. The molecule has 0 spiro atoms. The number of nitrogens with zero attached hydrogens (tertiary/aromatic N) is 2. The van der Waals surface area contributed by atoms with E-state index in [9.17, 15) is 9.59 Å². The Morgan fingerprint density at radius 1 is 1.38 bits per heavy atom. The van der Waals surface area contributed by atoms with E-state index in [1.807, 2.05) is 20.8 Å². The largest absolute Gasteiger partial charge is 0.377 e. The van der Waals surface area contributed by atoms with Crippen molar-refractivity contribution in [1.29, 1.82) is 0 Å². The van der Waals surface area contributed by atoms with Crippen LogP contribution in [0, 0.1) is 6.92 Å². The van der Waals surface area contributed by atoms with Gasteiger partial charge in [0.1, 0.15) is 17.4 Å². The maximum Gasteiger partial charge on any atom is 0.261 e. The van der Waals surface area contributed by atoms with E-state index in [0.29, 0.717) is 25.6 Å². The number of rotatable bonds is 3. The van der Waals surface area contributed by atoms with E-state index in [1.165, 1.54) is 0 Å². The number of hydrogen-bond acceptors (Lipinski definition) is 4. The number of carbonyl (C=O) groups excluding carboxylic acids is 1. The number of carbonyl (C=O) groups is 1. The van der Waals surface area contributed by atoms with Gasteiger partial charge in [-0.2, -0.15) is 0 Å². The summed E-state index contributed by atoms with van der Waals surface area (Å²) in [5, 5.41) is 0. The first kappa shape index (κ1) is 16.4. The van der Waals surface area contributed by atoms with Crippen LogP contribution in [0.15, 0.2) is 23.1 Å². The van der Waals surface area contributed by atoms with Gasteiger partial charge >= 0.3 is 0 Å². The summed E-state index contributed by atoms with van der Waals surface area (Å²) in [7, 11) is 0. The second kappa shape index (κ2) is 6.60. The van der Waals surface area contributed by atoms with E-state index in [1.54, 1.807) is 23.2 Å². The lowest BCUT2D eigenvalue weighted by Gasteiger charge is -2.34. The van der Waals surface area contributed by atoms with E-state index < -0.39 is 0 Å². The second-order valence-electron chi connectivity index (χ2n) is 6.35. The Labute approximate surface area is 140 Å². The van der Waals surface area contributed by atoms with Crippen LogP contribution in [0.3, 0.4) is 0 Å². The second-order valence-corrected chi connectivity index (χ2v) is 6.35.